The molecule has 2 aromatic heterocycles. The molecule has 0 bridgehead atoms. The van der Waals surface area contributed by atoms with Crippen LogP contribution in [0.25, 0.3) is 11.4 Å². The molecule has 0 fully saturated rings. The Kier molecular flexibility index (Phi) is 2.82. The summed E-state index contributed by atoms with van der Waals surface area (Å²) in [4.78, 5) is 4.14. The zero-order chi connectivity index (χ0) is 11.5. The van der Waals surface area contributed by atoms with E-state index in [9.17, 15) is 0 Å². The zero-order valence-corrected chi connectivity index (χ0v) is 9.31. The Morgan fingerprint density at radius 1 is 1.44 bits per heavy atom. The fourth-order valence-corrected chi connectivity index (χ4v) is 1.53. The first-order valence-electron chi connectivity index (χ1n) is 4.98. The van der Waals surface area contributed by atoms with Crippen molar-refractivity contribution in [3.8, 4) is 11.4 Å². The molecule has 0 aliphatic rings. The van der Waals surface area contributed by atoms with Crippen LogP contribution in [0.2, 0.25) is 0 Å². The molecule has 3 N–H and O–H groups in total. The van der Waals surface area contributed by atoms with Gasteiger partial charge >= 0.3 is 0 Å². The number of nitrogens with zero attached hydrogens (tertiary/aromatic N) is 4. The molecule has 2 aromatic rings. The van der Waals surface area contributed by atoms with Crippen molar-refractivity contribution in [1.29, 1.82) is 0 Å². The quantitative estimate of drug-likeness (QED) is 0.778. The Morgan fingerprint density at radius 2 is 2.25 bits per heavy atom. The third-order valence-electron chi connectivity index (χ3n) is 2.38. The molecule has 0 unspecified atom stereocenters. The highest BCUT2D eigenvalue weighted by atomic mass is 15.3. The number of rotatable bonds is 3. The molecular formula is C10H14N6. The summed E-state index contributed by atoms with van der Waals surface area (Å²) < 4.78 is 1.88. The van der Waals surface area contributed by atoms with Crippen LogP contribution in [0.3, 0.4) is 0 Å². The Labute approximate surface area is 93.5 Å². The van der Waals surface area contributed by atoms with E-state index >= 15 is 0 Å². The minimum Gasteiger partial charge on any atom is -0.357 e. The van der Waals surface area contributed by atoms with Gasteiger partial charge in [-0.15, -0.1) is 10.2 Å². The molecule has 2 rings (SSSR count). The van der Waals surface area contributed by atoms with E-state index in [4.69, 9.17) is 5.73 Å². The van der Waals surface area contributed by atoms with Crippen LogP contribution in [0.4, 0.5) is 5.95 Å². The number of nitrogens with two attached hydrogens (primary N) is 1. The SMILES string of the molecule is CNc1nnc(-c2ccnc(CN)c2)n1C. The summed E-state index contributed by atoms with van der Waals surface area (Å²) in [5.41, 5.74) is 7.35. The summed E-state index contributed by atoms with van der Waals surface area (Å²) in [5, 5.41) is 11.1. The molecule has 0 amide bonds. The predicted octanol–water partition coefficient (Wildman–Crippen LogP) is 0.377. The van der Waals surface area contributed by atoms with Crippen molar-refractivity contribution in [2.75, 3.05) is 12.4 Å². The van der Waals surface area contributed by atoms with Crippen LogP contribution >= 0.6 is 0 Å². The van der Waals surface area contributed by atoms with Gasteiger partial charge in [-0.25, -0.2) is 0 Å². The highest BCUT2D eigenvalue weighted by molar-refractivity contribution is 5.57. The maximum Gasteiger partial charge on any atom is 0.224 e. The lowest BCUT2D eigenvalue weighted by Crippen LogP contribution is -2.02. The van der Waals surface area contributed by atoms with Crippen molar-refractivity contribution in [3.63, 3.8) is 0 Å². The first kappa shape index (κ1) is 10.6. The van der Waals surface area contributed by atoms with Gasteiger partial charge < -0.3 is 11.1 Å². The molecule has 0 aliphatic heterocycles. The third-order valence-corrected chi connectivity index (χ3v) is 2.38. The molecule has 0 atom stereocenters. The first-order valence-corrected chi connectivity index (χ1v) is 4.98. The van der Waals surface area contributed by atoms with Gasteiger partial charge in [-0.2, -0.15) is 0 Å². The number of anilines is 1. The number of nitrogens with one attached hydrogen (secondary N) is 1. The molecule has 6 heteroatoms. The minimum absolute atomic E-state index is 0.421. The van der Waals surface area contributed by atoms with E-state index in [1.807, 2.05) is 30.8 Å². The van der Waals surface area contributed by atoms with Crippen LogP contribution in [-0.4, -0.2) is 26.8 Å². The van der Waals surface area contributed by atoms with Crippen LogP contribution in [0.1, 0.15) is 5.69 Å². The Hall–Kier alpha value is -1.95. The van der Waals surface area contributed by atoms with Gasteiger partial charge in [-0.3, -0.25) is 9.55 Å². The van der Waals surface area contributed by atoms with E-state index in [1.54, 1.807) is 6.20 Å². The van der Waals surface area contributed by atoms with Crippen LogP contribution in [0.5, 0.6) is 0 Å². The standard InChI is InChI=1S/C10H14N6/c1-12-10-15-14-9(16(10)2)7-3-4-13-8(5-7)6-11/h3-5H,6,11H2,1-2H3,(H,12,15). The third kappa shape index (κ3) is 1.74. The fourth-order valence-electron chi connectivity index (χ4n) is 1.53. The highest BCUT2D eigenvalue weighted by Gasteiger charge is 2.09. The molecule has 0 saturated heterocycles. The number of aromatic nitrogens is 4. The molecule has 6 nitrogen and oxygen atoms in total. The molecule has 2 heterocycles. The smallest absolute Gasteiger partial charge is 0.224 e. The zero-order valence-electron chi connectivity index (χ0n) is 9.31. The van der Waals surface area contributed by atoms with E-state index < -0.39 is 0 Å². The Morgan fingerprint density at radius 3 is 2.88 bits per heavy atom. The van der Waals surface area contributed by atoms with E-state index in [-0.39, 0.29) is 0 Å². The molecule has 0 spiro atoms. The lowest BCUT2D eigenvalue weighted by molar-refractivity contribution is 0.921. The summed E-state index contributed by atoms with van der Waals surface area (Å²) in [7, 11) is 3.72. The molecule has 0 saturated carbocycles. The van der Waals surface area contributed by atoms with Crippen LogP contribution in [0, 0.1) is 0 Å². The lowest BCUT2D eigenvalue weighted by Gasteiger charge is -2.04. The molecule has 84 valence electrons. The summed E-state index contributed by atoms with van der Waals surface area (Å²) in [6.45, 7) is 0.421. The van der Waals surface area contributed by atoms with Crippen molar-refractivity contribution in [3.05, 3.63) is 24.0 Å². The fraction of sp³-hybridized carbons (Fsp3) is 0.300. The largest absolute Gasteiger partial charge is 0.357 e. The average molecular weight is 218 g/mol. The second-order valence-electron chi connectivity index (χ2n) is 3.40. The van der Waals surface area contributed by atoms with Crippen molar-refractivity contribution in [2.45, 2.75) is 6.54 Å². The van der Waals surface area contributed by atoms with Gasteiger partial charge in [-0.05, 0) is 12.1 Å². The number of hydrogen-bond acceptors (Lipinski definition) is 5. The van der Waals surface area contributed by atoms with E-state index in [1.165, 1.54) is 0 Å². The molecule has 0 aromatic carbocycles. The maximum absolute atomic E-state index is 5.55. The Balaban J connectivity index is 2.45. The minimum atomic E-state index is 0.421. The van der Waals surface area contributed by atoms with Crippen molar-refractivity contribution >= 4 is 5.95 Å². The van der Waals surface area contributed by atoms with E-state index in [0.717, 1.165) is 23.0 Å². The summed E-state index contributed by atoms with van der Waals surface area (Å²) in [5.74, 6) is 1.52. The lowest BCUT2D eigenvalue weighted by atomic mass is 10.2. The van der Waals surface area contributed by atoms with Crippen LogP contribution in [-0.2, 0) is 13.6 Å². The topological polar surface area (TPSA) is 81.7 Å². The second kappa shape index (κ2) is 4.28. The molecule has 0 radical (unpaired) electrons. The number of pyridine rings is 1. The van der Waals surface area contributed by atoms with Crippen molar-refractivity contribution in [2.24, 2.45) is 12.8 Å². The Bertz CT molecular complexity index is 490. The summed E-state index contributed by atoms with van der Waals surface area (Å²) in [6.07, 6.45) is 1.73. The average Bonchev–Trinajstić information content (AvgIpc) is 2.70. The maximum atomic E-state index is 5.55. The van der Waals surface area contributed by atoms with Gasteiger partial charge in [-0.1, -0.05) is 0 Å². The summed E-state index contributed by atoms with van der Waals surface area (Å²) >= 11 is 0. The van der Waals surface area contributed by atoms with Crippen molar-refractivity contribution < 1.29 is 0 Å². The van der Waals surface area contributed by atoms with Gasteiger partial charge in [0.25, 0.3) is 0 Å². The van der Waals surface area contributed by atoms with Crippen molar-refractivity contribution in [1.82, 2.24) is 19.7 Å². The van der Waals surface area contributed by atoms with Gasteiger partial charge in [0, 0.05) is 32.4 Å². The van der Waals surface area contributed by atoms with E-state index in [0.29, 0.717) is 6.54 Å². The first-order chi connectivity index (χ1) is 7.76. The van der Waals surface area contributed by atoms with Gasteiger partial charge in [0.2, 0.25) is 5.95 Å². The molecule has 16 heavy (non-hydrogen) atoms. The van der Waals surface area contributed by atoms with Crippen LogP contribution in [0.15, 0.2) is 18.3 Å². The monoisotopic (exact) mass is 218 g/mol. The molecule has 0 aliphatic carbocycles. The number of hydrogen-bond donors (Lipinski definition) is 2. The van der Waals surface area contributed by atoms with Crippen LogP contribution < -0.4 is 11.1 Å². The van der Waals surface area contributed by atoms with Gasteiger partial charge in [0.1, 0.15) is 0 Å². The molecular weight excluding hydrogens is 204 g/mol. The normalized spacial score (nSPS) is 10.4. The summed E-state index contributed by atoms with van der Waals surface area (Å²) in [6, 6.07) is 3.81. The predicted molar refractivity (Wildman–Crippen MR) is 61.7 cm³/mol. The highest BCUT2D eigenvalue weighted by Crippen LogP contribution is 2.18. The van der Waals surface area contributed by atoms with Gasteiger partial charge in [0.15, 0.2) is 5.82 Å². The second-order valence-corrected chi connectivity index (χ2v) is 3.40. The van der Waals surface area contributed by atoms with E-state index in [2.05, 4.69) is 20.5 Å². The van der Waals surface area contributed by atoms with Gasteiger partial charge in [0.05, 0.1) is 5.69 Å².